The molecule has 4 aliphatic carbocycles. The van der Waals surface area contributed by atoms with Crippen molar-refractivity contribution in [1.82, 2.24) is 0 Å². The summed E-state index contributed by atoms with van der Waals surface area (Å²) in [5.74, 6) is -4.36. The predicted molar refractivity (Wildman–Crippen MR) is 135 cm³/mol. The van der Waals surface area contributed by atoms with E-state index in [0.717, 1.165) is 18.9 Å². The number of aliphatic carboxylic acids is 1. The second-order valence-electron chi connectivity index (χ2n) is 12.2. The molecule has 0 aliphatic heterocycles. The number of aliphatic hydroxyl groups excluding tert-OH is 1. The Hall–Kier alpha value is -2.29. The lowest BCUT2D eigenvalue weighted by Crippen LogP contribution is -2.71. The van der Waals surface area contributed by atoms with Crippen LogP contribution in [0.25, 0.3) is 0 Å². The molecule has 3 saturated carbocycles. The standard InChI is InChI=1S/C29H40F2O7/c1-6-8-18(9-7-2)37-25(36)38-29(24(34)35)16(3)12-19-20-14-22(30)21-13-17(32)10-11-26(21,4)28(20,31)23(33)15-27(19,29)5/h10-11,13,16,18-20,22-23,33H,6-9,12,14-15H2,1-5H3,(H,34,35)/t16-,19+,20+,22+,23+,26+,27+,28+,29+/m1/s1. The van der Waals surface area contributed by atoms with E-state index in [-0.39, 0.29) is 24.8 Å². The molecule has 9 heteroatoms. The maximum Gasteiger partial charge on any atom is 0.509 e. The fourth-order valence-corrected chi connectivity index (χ4v) is 8.44. The Kier molecular flexibility index (Phi) is 7.34. The molecule has 0 saturated heterocycles. The summed E-state index contributed by atoms with van der Waals surface area (Å²) in [5.41, 5.74) is -7.41. The van der Waals surface area contributed by atoms with Crippen LogP contribution in [-0.4, -0.2) is 57.8 Å². The molecule has 0 aromatic carbocycles. The summed E-state index contributed by atoms with van der Waals surface area (Å²) in [6, 6.07) is 0. The van der Waals surface area contributed by atoms with Gasteiger partial charge in [-0.1, -0.05) is 46.6 Å². The number of carboxylic acid groups (broad SMARTS) is 1. The number of ketones is 1. The van der Waals surface area contributed by atoms with Crippen LogP contribution in [0.2, 0.25) is 0 Å². The molecular weight excluding hydrogens is 498 g/mol. The monoisotopic (exact) mass is 538 g/mol. The summed E-state index contributed by atoms with van der Waals surface area (Å²) in [6.07, 6.45) is 1.09. The Morgan fingerprint density at radius 1 is 1.16 bits per heavy atom. The van der Waals surface area contributed by atoms with Crippen molar-refractivity contribution in [3.8, 4) is 0 Å². The molecule has 0 amide bonds. The number of allylic oxidation sites excluding steroid dienone is 4. The van der Waals surface area contributed by atoms with Gasteiger partial charge in [-0.05, 0) is 62.7 Å². The van der Waals surface area contributed by atoms with Gasteiger partial charge in [0.15, 0.2) is 11.5 Å². The van der Waals surface area contributed by atoms with Gasteiger partial charge in [0.25, 0.3) is 0 Å². The van der Waals surface area contributed by atoms with Crippen LogP contribution in [0.1, 0.15) is 79.6 Å². The highest BCUT2D eigenvalue weighted by atomic mass is 19.1. The van der Waals surface area contributed by atoms with Crippen molar-refractivity contribution in [2.75, 3.05) is 0 Å². The largest absolute Gasteiger partial charge is 0.509 e. The van der Waals surface area contributed by atoms with Crippen LogP contribution < -0.4 is 0 Å². The predicted octanol–water partition coefficient (Wildman–Crippen LogP) is 5.50. The number of alkyl halides is 2. The maximum absolute atomic E-state index is 17.3. The summed E-state index contributed by atoms with van der Waals surface area (Å²) in [7, 11) is 0. The molecule has 0 unspecified atom stereocenters. The highest BCUT2D eigenvalue weighted by Crippen LogP contribution is 2.71. The number of aliphatic hydroxyl groups is 1. The summed E-state index contributed by atoms with van der Waals surface area (Å²) in [6.45, 7) is 8.63. The van der Waals surface area contributed by atoms with Gasteiger partial charge in [0, 0.05) is 22.7 Å². The molecule has 0 heterocycles. The number of ether oxygens (including phenoxy) is 2. The van der Waals surface area contributed by atoms with E-state index in [9.17, 15) is 24.6 Å². The minimum atomic E-state index is -2.34. The molecule has 2 N–H and O–H groups in total. The average molecular weight is 539 g/mol. The van der Waals surface area contributed by atoms with Gasteiger partial charge in [0.2, 0.25) is 5.60 Å². The third-order valence-electron chi connectivity index (χ3n) is 10.2. The van der Waals surface area contributed by atoms with Crippen molar-refractivity contribution < 1.29 is 42.9 Å². The molecule has 4 rings (SSSR count). The molecule has 0 radical (unpaired) electrons. The summed E-state index contributed by atoms with van der Waals surface area (Å²) >= 11 is 0. The number of rotatable bonds is 7. The van der Waals surface area contributed by atoms with E-state index in [4.69, 9.17) is 9.47 Å². The van der Waals surface area contributed by atoms with Crippen LogP contribution in [0, 0.1) is 28.6 Å². The Labute approximate surface area is 222 Å². The average Bonchev–Trinajstić information content (AvgIpc) is 3.05. The molecule has 9 atom stereocenters. The van der Waals surface area contributed by atoms with Crippen molar-refractivity contribution in [2.45, 2.75) is 109 Å². The highest BCUT2D eigenvalue weighted by Gasteiger charge is 2.78. The van der Waals surface area contributed by atoms with Crippen molar-refractivity contribution >= 4 is 17.9 Å². The summed E-state index contributed by atoms with van der Waals surface area (Å²) in [5, 5.41) is 22.0. The third kappa shape index (κ3) is 3.78. The van der Waals surface area contributed by atoms with Gasteiger partial charge in [-0.25, -0.2) is 18.4 Å². The third-order valence-corrected chi connectivity index (χ3v) is 10.2. The van der Waals surface area contributed by atoms with Crippen LogP contribution in [0.3, 0.4) is 0 Å². The van der Waals surface area contributed by atoms with Crippen LogP contribution in [0.4, 0.5) is 13.6 Å². The van der Waals surface area contributed by atoms with Crippen molar-refractivity contribution in [3.05, 3.63) is 23.8 Å². The number of carbonyl (C=O) groups is 3. The Morgan fingerprint density at radius 3 is 2.37 bits per heavy atom. The van der Waals surface area contributed by atoms with E-state index in [0.29, 0.717) is 12.8 Å². The van der Waals surface area contributed by atoms with Crippen molar-refractivity contribution in [3.63, 3.8) is 0 Å². The molecule has 0 bridgehead atoms. The Bertz CT molecular complexity index is 1050. The van der Waals surface area contributed by atoms with Crippen LogP contribution in [0.15, 0.2) is 23.8 Å². The van der Waals surface area contributed by atoms with Crippen LogP contribution >= 0.6 is 0 Å². The number of hydrogen-bond acceptors (Lipinski definition) is 6. The number of carbonyl (C=O) groups excluding carboxylic acids is 2. The molecule has 7 nitrogen and oxygen atoms in total. The number of fused-ring (bicyclic) bond motifs is 5. The van der Waals surface area contributed by atoms with E-state index < -0.39 is 76.1 Å². The van der Waals surface area contributed by atoms with Gasteiger partial charge in [-0.3, -0.25) is 4.79 Å². The molecule has 4 aliphatic rings. The van der Waals surface area contributed by atoms with E-state index >= 15 is 8.78 Å². The highest BCUT2D eigenvalue weighted by molar-refractivity contribution is 6.01. The first-order valence-corrected chi connectivity index (χ1v) is 13.8. The second-order valence-corrected chi connectivity index (χ2v) is 12.2. The minimum Gasteiger partial charge on any atom is -0.478 e. The molecule has 212 valence electrons. The van der Waals surface area contributed by atoms with Gasteiger partial charge in [-0.15, -0.1) is 0 Å². The van der Waals surface area contributed by atoms with Gasteiger partial charge in [0.05, 0.1) is 6.10 Å². The lowest BCUT2D eigenvalue weighted by atomic mass is 9.44. The maximum atomic E-state index is 17.3. The molecule has 3 fully saturated rings. The lowest BCUT2D eigenvalue weighted by Gasteiger charge is -2.62. The minimum absolute atomic E-state index is 0.000311. The van der Waals surface area contributed by atoms with E-state index in [1.54, 1.807) is 13.8 Å². The second kappa shape index (κ2) is 9.72. The topological polar surface area (TPSA) is 110 Å². The Balaban J connectivity index is 1.74. The van der Waals surface area contributed by atoms with Gasteiger partial charge < -0.3 is 19.7 Å². The molecular formula is C29H40F2O7. The van der Waals surface area contributed by atoms with Crippen LogP contribution in [-0.2, 0) is 19.1 Å². The van der Waals surface area contributed by atoms with Gasteiger partial charge in [0.1, 0.15) is 12.3 Å². The summed E-state index contributed by atoms with van der Waals surface area (Å²) < 4.78 is 44.2. The summed E-state index contributed by atoms with van der Waals surface area (Å²) in [4.78, 5) is 38.0. The van der Waals surface area contributed by atoms with Gasteiger partial charge in [-0.2, -0.15) is 0 Å². The first-order valence-electron chi connectivity index (χ1n) is 13.8. The molecule has 0 aromatic rings. The van der Waals surface area contributed by atoms with Crippen molar-refractivity contribution in [1.29, 1.82) is 0 Å². The first-order chi connectivity index (χ1) is 17.7. The fraction of sp³-hybridized carbons (Fsp3) is 0.759. The zero-order valence-electron chi connectivity index (χ0n) is 22.8. The smallest absolute Gasteiger partial charge is 0.478 e. The normalized spacial score (nSPS) is 43.7. The lowest BCUT2D eigenvalue weighted by molar-refractivity contribution is -0.232. The number of carboxylic acids is 1. The first kappa shape index (κ1) is 28.7. The van der Waals surface area contributed by atoms with Crippen molar-refractivity contribution in [2.24, 2.45) is 28.6 Å². The SMILES string of the molecule is CCCC(CCC)OC(=O)O[C@]1(C(=O)O)[C@H](C)C[C@H]2[C@@H]3C[C@H](F)C4=CC(=O)C=C[C@]4(C)[C@@]3(F)[C@@H](O)C[C@@]21C. The van der Waals surface area contributed by atoms with Gasteiger partial charge >= 0.3 is 12.1 Å². The molecule has 38 heavy (non-hydrogen) atoms. The molecule has 0 spiro atoms. The zero-order chi connectivity index (χ0) is 28.3. The number of hydrogen-bond donors (Lipinski definition) is 2. The van der Waals surface area contributed by atoms with E-state index in [1.807, 2.05) is 13.8 Å². The quantitative estimate of drug-likeness (QED) is 0.412. The van der Waals surface area contributed by atoms with E-state index in [1.165, 1.54) is 19.1 Å². The van der Waals surface area contributed by atoms with E-state index in [2.05, 4.69) is 0 Å². The zero-order valence-corrected chi connectivity index (χ0v) is 22.8. The Morgan fingerprint density at radius 2 is 1.79 bits per heavy atom. The number of halogens is 2. The molecule has 0 aromatic heterocycles. The van der Waals surface area contributed by atoms with Crippen LogP contribution in [0.5, 0.6) is 0 Å². The fourth-order valence-electron chi connectivity index (χ4n) is 8.44.